The lowest BCUT2D eigenvalue weighted by molar-refractivity contribution is -0.146. The summed E-state index contributed by atoms with van der Waals surface area (Å²) in [5.74, 6) is -1.42. The first-order valence-corrected chi connectivity index (χ1v) is 10.4. The zero-order valence-electron chi connectivity index (χ0n) is 17.8. The Labute approximate surface area is 189 Å². The second-order valence-corrected chi connectivity index (χ2v) is 7.31. The number of halogens is 4. The first-order chi connectivity index (χ1) is 15.1. The fourth-order valence-electron chi connectivity index (χ4n) is 3.28. The standard InChI is InChI=1S/C23H24ClF3N2O3/c1-4-7-15(8-5-2)21-17-13-16(24)9-10-19(17)29(12-11-20(30)32-6-3)22(31)18(28-21)14-23(25,26)27/h4-5,7-10,13,18H,1,6,11-12,14H2,2-3H3/b8-5-,15-7+. The van der Waals surface area contributed by atoms with Gasteiger partial charge in [0.05, 0.1) is 30.8 Å². The minimum Gasteiger partial charge on any atom is -0.466 e. The van der Waals surface area contributed by atoms with Crippen LogP contribution in [0.2, 0.25) is 5.02 Å². The molecule has 0 fully saturated rings. The molecule has 1 aromatic rings. The Morgan fingerprint density at radius 2 is 2.09 bits per heavy atom. The van der Waals surface area contributed by atoms with E-state index < -0.39 is 30.5 Å². The lowest BCUT2D eigenvalue weighted by Crippen LogP contribution is -2.41. The van der Waals surface area contributed by atoms with Gasteiger partial charge in [-0.1, -0.05) is 42.5 Å². The van der Waals surface area contributed by atoms with Crippen molar-refractivity contribution in [3.8, 4) is 0 Å². The molecular formula is C23H24ClF3N2O3. The predicted octanol–water partition coefficient (Wildman–Crippen LogP) is 5.44. The van der Waals surface area contributed by atoms with Crippen molar-refractivity contribution < 1.29 is 27.5 Å². The maximum atomic E-state index is 13.3. The molecule has 9 heteroatoms. The van der Waals surface area contributed by atoms with Gasteiger partial charge in [-0.2, -0.15) is 13.2 Å². The van der Waals surface area contributed by atoms with Crippen LogP contribution in [0.15, 0.2) is 59.6 Å². The number of fused-ring (bicyclic) bond motifs is 1. The molecule has 1 aromatic carbocycles. The largest absolute Gasteiger partial charge is 0.466 e. The van der Waals surface area contributed by atoms with E-state index in [1.54, 1.807) is 32.1 Å². The van der Waals surface area contributed by atoms with Gasteiger partial charge >= 0.3 is 12.1 Å². The van der Waals surface area contributed by atoms with Gasteiger partial charge in [-0.15, -0.1) is 0 Å². The Bertz CT molecular complexity index is 968. The molecule has 0 aromatic heterocycles. The number of rotatable bonds is 8. The summed E-state index contributed by atoms with van der Waals surface area (Å²) in [5.41, 5.74) is 1.34. The van der Waals surface area contributed by atoms with E-state index >= 15 is 0 Å². The van der Waals surface area contributed by atoms with Gasteiger partial charge in [-0.05, 0) is 32.0 Å². The average molecular weight is 469 g/mol. The highest BCUT2D eigenvalue weighted by Crippen LogP contribution is 2.34. The zero-order chi connectivity index (χ0) is 23.9. The number of esters is 1. The number of benzene rings is 1. The van der Waals surface area contributed by atoms with E-state index in [9.17, 15) is 22.8 Å². The fraction of sp³-hybridized carbons (Fsp3) is 0.348. The third kappa shape index (κ3) is 6.56. The SMILES string of the molecule is C=C/C=C(\C=C/C)C1=NC(CC(F)(F)F)C(=O)N(CCC(=O)OCC)c2ccc(Cl)cc21. The van der Waals surface area contributed by atoms with Crippen molar-refractivity contribution in [1.29, 1.82) is 0 Å². The molecule has 1 atom stereocenters. The van der Waals surface area contributed by atoms with E-state index in [0.29, 0.717) is 21.8 Å². The number of allylic oxidation sites excluding steroid dienone is 5. The quantitative estimate of drug-likeness (QED) is 0.377. The van der Waals surface area contributed by atoms with Crippen molar-refractivity contribution in [3.63, 3.8) is 0 Å². The van der Waals surface area contributed by atoms with Gasteiger partial charge in [0.25, 0.3) is 5.91 Å². The Balaban J connectivity index is 2.69. The molecule has 1 heterocycles. The number of nitrogens with zero attached hydrogens (tertiary/aromatic N) is 2. The minimum absolute atomic E-state index is 0.155. The smallest absolute Gasteiger partial charge is 0.391 e. The zero-order valence-corrected chi connectivity index (χ0v) is 18.5. The Morgan fingerprint density at radius 1 is 1.38 bits per heavy atom. The number of carbonyl (C=O) groups excluding carboxylic acids is 2. The lowest BCUT2D eigenvalue weighted by atomic mass is 9.99. The van der Waals surface area contributed by atoms with Crippen LogP contribution in [0.3, 0.4) is 0 Å². The molecule has 0 aliphatic carbocycles. The molecule has 0 bridgehead atoms. The number of alkyl halides is 3. The molecule has 0 saturated heterocycles. The maximum Gasteiger partial charge on any atom is 0.391 e. The molecule has 0 N–H and O–H groups in total. The summed E-state index contributed by atoms with van der Waals surface area (Å²) in [7, 11) is 0. The number of benzodiazepines with no additional fused rings is 1. The molecule has 0 radical (unpaired) electrons. The number of anilines is 1. The van der Waals surface area contributed by atoms with Gasteiger partial charge in [0.15, 0.2) is 0 Å². The molecule has 1 unspecified atom stereocenters. The summed E-state index contributed by atoms with van der Waals surface area (Å²) in [6.07, 6.45) is 0.183. The minimum atomic E-state index is -4.63. The summed E-state index contributed by atoms with van der Waals surface area (Å²) >= 11 is 6.18. The number of carbonyl (C=O) groups is 2. The van der Waals surface area contributed by atoms with Crippen molar-refractivity contribution in [3.05, 3.63) is 65.2 Å². The summed E-state index contributed by atoms with van der Waals surface area (Å²) in [5, 5.41) is 0.321. The van der Waals surface area contributed by atoms with Crippen LogP contribution < -0.4 is 4.90 Å². The van der Waals surface area contributed by atoms with E-state index in [2.05, 4.69) is 11.6 Å². The van der Waals surface area contributed by atoms with Crippen LogP contribution in [0.25, 0.3) is 0 Å². The van der Waals surface area contributed by atoms with E-state index in [4.69, 9.17) is 16.3 Å². The van der Waals surface area contributed by atoms with Crippen molar-refractivity contribution >= 4 is 34.9 Å². The van der Waals surface area contributed by atoms with Crippen LogP contribution in [0.1, 0.15) is 32.3 Å². The van der Waals surface area contributed by atoms with Gasteiger partial charge < -0.3 is 9.64 Å². The van der Waals surface area contributed by atoms with Crippen molar-refractivity contribution in [2.24, 2.45) is 4.99 Å². The third-order valence-corrected chi connectivity index (χ3v) is 4.76. The molecule has 5 nitrogen and oxygen atoms in total. The van der Waals surface area contributed by atoms with Crippen LogP contribution in [0.5, 0.6) is 0 Å². The predicted molar refractivity (Wildman–Crippen MR) is 119 cm³/mol. The highest BCUT2D eigenvalue weighted by atomic mass is 35.5. The second kappa shape index (κ2) is 11.1. The number of aliphatic imine (C=N–C) groups is 1. The first kappa shape index (κ1) is 25.4. The van der Waals surface area contributed by atoms with Gasteiger partial charge in [-0.25, -0.2) is 0 Å². The summed E-state index contributed by atoms with van der Waals surface area (Å²) in [4.78, 5) is 30.5. The lowest BCUT2D eigenvalue weighted by Gasteiger charge is -2.25. The molecular weight excluding hydrogens is 445 g/mol. The van der Waals surface area contributed by atoms with Crippen LogP contribution >= 0.6 is 11.6 Å². The summed E-state index contributed by atoms with van der Waals surface area (Å²) in [6.45, 7) is 7.03. The van der Waals surface area contributed by atoms with Crippen molar-refractivity contribution in [2.75, 3.05) is 18.1 Å². The fourth-order valence-corrected chi connectivity index (χ4v) is 3.45. The summed E-state index contributed by atoms with van der Waals surface area (Å²) in [6, 6.07) is 2.88. The Hall–Kier alpha value is -2.87. The van der Waals surface area contributed by atoms with E-state index in [1.165, 1.54) is 24.3 Å². The second-order valence-electron chi connectivity index (χ2n) is 6.88. The number of hydrogen-bond acceptors (Lipinski definition) is 4. The highest BCUT2D eigenvalue weighted by Gasteiger charge is 2.40. The number of ether oxygens (including phenoxy) is 1. The average Bonchev–Trinajstić information content (AvgIpc) is 2.80. The normalized spacial score (nSPS) is 17.1. The van der Waals surface area contributed by atoms with Crippen LogP contribution in [0.4, 0.5) is 18.9 Å². The molecule has 32 heavy (non-hydrogen) atoms. The molecule has 2 rings (SSSR count). The summed E-state index contributed by atoms with van der Waals surface area (Å²) < 4.78 is 44.9. The third-order valence-electron chi connectivity index (χ3n) is 4.53. The highest BCUT2D eigenvalue weighted by molar-refractivity contribution is 6.32. The van der Waals surface area contributed by atoms with Crippen molar-refractivity contribution in [1.82, 2.24) is 0 Å². The van der Waals surface area contributed by atoms with E-state index in [-0.39, 0.29) is 25.3 Å². The monoisotopic (exact) mass is 468 g/mol. The topological polar surface area (TPSA) is 59.0 Å². The molecule has 1 aliphatic rings. The van der Waals surface area contributed by atoms with E-state index in [0.717, 1.165) is 4.90 Å². The van der Waals surface area contributed by atoms with Gasteiger partial charge in [-0.3, -0.25) is 14.6 Å². The van der Waals surface area contributed by atoms with Crippen LogP contribution in [-0.4, -0.2) is 43.0 Å². The first-order valence-electron chi connectivity index (χ1n) is 9.98. The van der Waals surface area contributed by atoms with Crippen LogP contribution in [0, 0.1) is 0 Å². The molecule has 0 saturated carbocycles. The Morgan fingerprint density at radius 3 is 2.69 bits per heavy atom. The number of amides is 1. The molecule has 0 spiro atoms. The molecule has 1 amide bonds. The molecule has 172 valence electrons. The van der Waals surface area contributed by atoms with E-state index in [1.807, 2.05) is 0 Å². The Kier molecular flexibility index (Phi) is 8.83. The maximum absolute atomic E-state index is 13.3. The molecule has 1 aliphatic heterocycles. The van der Waals surface area contributed by atoms with Gasteiger partial charge in [0.1, 0.15) is 6.04 Å². The number of hydrogen-bond donors (Lipinski definition) is 0. The van der Waals surface area contributed by atoms with Crippen molar-refractivity contribution in [2.45, 2.75) is 38.9 Å². The van der Waals surface area contributed by atoms with Crippen LogP contribution in [-0.2, 0) is 14.3 Å². The van der Waals surface area contributed by atoms with Gasteiger partial charge in [0.2, 0.25) is 0 Å². The van der Waals surface area contributed by atoms with Gasteiger partial charge in [0, 0.05) is 22.7 Å².